The molecule has 1 heterocycles. The number of carboxylic acids is 1. The average Bonchev–Trinajstić information content (AvgIpc) is 2.63. The van der Waals surface area contributed by atoms with E-state index in [1.807, 2.05) is 6.92 Å². The van der Waals surface area contributed by atoms with Crippen molar-refractivity contribution in [1.82, 2.24) is 0 Å². The molecule has 0 aromatic carbocycles. The third kappa shape index (κ3) is 2.84. The molecule has 6 heteroatoms. The highest BCUT2D eigenvalue weighted by molar-refractivity contribution is 5.93. The van der Waals surface area contributed by atoms with Crippen LogP contribution < -0.4 is 0 Å². The highest BCUT2D eigenvalue weighted by Gasteiger charge is 2.59. The summed E-state index contributed by atoms with van der Waals surface area (Å²) in [4.78, 5) is 35.0. The monoisotopic (exact) mass is 284 g/mol. The second-order valence-corrected chi connectivity index (χ2v) is 5.01. The maximum Gasteiger partial charge on any atom is 0.349 e. The highest BCUT2D eigenvalue weighted by atomic mass is 16.6. The minimum Gasteiger partial charge on any atom is -0.481 e. The molecule has 0 bridgehead atoms. The van der Waals surface area contributed by atoms with E-state index in [9.17, 15) is 19.5 Å². The predicted octanol–water partition coefficient (Wildman–Crippen LogP) is 1.68. The van der Waals surface area contributed by atoms with Gasteiger partial charge in [-0.15, -0.1) is 0 Å². The minimum atomic E-state index is -1.41. The Morgan fingerprint density at radius 1 is 1.45 bits per heavy atom. The fraction of sp³-hybridized carbons (Fsp3) is 0.643. The molecule has 0 saturated carbocycles. The van der Waals surface area contributed by atoms with E-state index in [1.165, 1.54) is 6.92 Å². The summed E-state index contributed by atoms with van der Waals surface area (Å²) in [5.41, 5.74) is -1.01. The van der Waals surface area contributed by atoms with Gasteiger partial charge in [0.1, 0.15) is 11.5 Å². The topological polar surface area (TPSA) is 89.9 Å². The van der Waals surface area contributed by atoms with E-state index in [0.717, 1.165) is 0 Å². The van der Waals surface area contributed by atoms with Crippen LogP contribution in [-0.2, 0) is 23.9 Å². The van der Waals surface area contributed by atoms with Gasteiger partial charge in [-0.2, -0.15) is 0 Å². The van der Waals surface area contributed by atoms with Crippen LogP contribution in [0.1, 0.15) is 40.0 Å². The molecule has 20 heavy (non-hydrogen) atoms. The zero-order chi connectivity index (χ0) is 15.5. The molecule has 0 spiro atoms. The highest BCUT2D eigenvalue weighted by Crippen LogP contribution is 2.41. The number of ether oxygens (including phenoxy) is 2. The van der Waals surface area contributed by atoms with Crippen LogP contribution in [0.25, 0.3) is 0 Å². The Morgan fingerprint density at radius 3 is 2.45 bits per heavy atom. The molecule has 6 nitrogen and oxygen atoms in total. The molecule has 0 radical (unpaired) electrons. The van der Waals surface area contributed by atoms with Crippen molar-refractivity contribution in [3.05, 3.63) is 12.2 Å². The maximum absolute atomic E-state index is 11.9. The lowest BCUT2D eigenvalue weighted by molar-refractivity contribution is -0.161. The molecular formula is C14H20O6. The lowest BCUT2D eigenvalue weighted by Gasteiger charge is -2.30. The van der Waals surface area contributed by atoms with Gasteiger partial charge in [0, 0.05) is 5.57 Å². The third-order valence-corrected chi connectivity index (χ3v) is 3.53. The van der Waals surface area contributed by atoms with Crippen molar-refractivity contribution >= 4 is 17.9 Å². The molecule has 0 amide bonds. The van der Waals surface area contributed by atoms with Crippen LogP contribution in [0.5, 0.6) is 0 Å². The van der Waals surface area contributed by atoms with Gasteiger partial charge in [0.25, 0.3) is 0 Å². The SMILES string of the molecule is C=C(C)C(=O)OC1C(=O)OC(CC)(CCC)C1C(=O)O. The van der Waals surface area contributed by atoms with E-state index in [2.05, 4.69) is 6.58 Å². The molecule has 1 aliphatic heterocycles. The van der Waals surface area contributed by atoms with Crippen molar-refractivity contribution in [3.8, 4) is 0 Å². The number of cyclic esters (lactones) is 1. The van der Waals surface area contributed by atoms with Gasteiger partial charge in [0.15, 0.2) is 0 Å². The summed E-state index contributed by atoms with van der Waals surface area (Å²) in [6.45, 7) is 8.46. The summed E-state index contributed by atoms with van der Waals surface area (Å²) in [6, 6.07) is 0. The van der Waals surface area contributed by atoms with Gasteiger partial charge in [0.05, 0.1) is 0 Å². The summed E-state index contributed by atoms with van der Waals surface area (Å²) >= 11 is 0. The van der Waals surface area contributed by atoms with Crippen molar-refractivity contribution in [2.24, 2.45) is 5.92 Å². The maximum atomic E-state index is 11.9. The van der Waals surface area contributed by atoms with E-state index in [0.29, 0.717) is 19.3 Å². The van der Waals surface area contributed by atoms with E-state index < -0.39 is 35.5 Å². The Kier molecular flexibility index (Phi) is 4.92. The molecule has 1 aliphatic rings. The van der Waals surface area contributed by atoms with Gasteiger partial charge >= 0.3 is 17.9 Å². The fourth-order valence-corrected chi connectivity index (χ4v) is 2.52. The standard InChI is InChI=1S/C14H20O6/c1-5-7-14(6-2)9(11(15)16)10(13(18)20-14)19-12(17)8(3)4/h9-10H,3,5-7H2,1-2,4H3,(H,15,16). The van der Waals surface area contributed by atoms with E-state index in [4.69, 9.17) is 9.47 Å². The van der Waals surface area contributed by atoms with Crippen molar-refractivity contribution in [2.45, 2.75) is 51.7 Å². The van der Waals surface area contributed by atoms with Crippen LogP contribution in [0.4, 0.5) is 0 Å². The van der Waals surface area contributed by atoms with Crippen molar-refractivity contribution in [2.75, 3.05) is 0 Å². The Hall–Kier alpha value is -1.85. The van der Waals surface area contributed by atoms with E-state index in [1.54, 1.807) is 6.92 Å². The lowest BCUT2D eigenvalue weighted by atomic mass is 9.80. The van der Waals surface area contributed by atoms with Gasteiger partial charge in [-0.25, -0.2) is 9.59 Å². The fourth-order valence-electron chi connectivity index (χ4n) is 2.52. The molecular weight excluding hydrogens is 264 g/mol. The molecule has 1 saturated heterocycles. The zero-order valence-electron chi connectivity index (χ0n) is 12.0. The number of rotatable bonds is 6. The smallest absolute Gasteiger partial charge is 0.349 e. The summed E-state index contributed by atoms with van der Waals surface area (Å²) in [5.74, 6) is -3.99. The number of carbonyl (C=O) groups excluding carboxylic acids is 2. The van der Waals surface area contributed by atoms with Crippen molar-refractivity contribution in [1.29, 1.82) is 0 Å². The van der Waals surface area contributed by atoms with Crippen LogP contribution >= 0.6 is 0 Å². The number of aliphatic carboxylic acids is 1. The summed E-state index contributed by atoms with van der Waals surface area (Å²) < 4.78 is 10.2. The molecule has 0 aliphatic carbocycles. The number of esters is 2. The number of carbonyl (C=O) groups is 3. The third-order valence-electron chi connectivity index (χ3n) is 3.53. The Bertz CT molecular complexity index is 441. The summed E-state index contributed by atoms with van der Waals surface area (Å²) in [7, 11) is 0. The van der Waals surface area contributed by atoms with Gasteiger partial charge in [-0.3, -0.25) is 4.79 Å². The summed E-state index contributed by atoms with van der Waals surface area (Å²) in [5, 5.41) is 9.40. The van der Waals surface area contributed by atoms with Crippen molar-refractivity contribution < 1.29 is 29.0 Å². The molecule has 1 rings (SSSR count). The van der Waals surface area contributed by atoms with E-state index in [-0.39, 0.29) is 5.57 Å². The van der Waals surface area contributed by atoms with Gasteiger partial charge in [-0.05, 0) is 19.8 Å². The molecule has 1 fully saturated rings. The summed E-state index contributed by atoms with van der Waals surface area (Å²) in [6.07, 6.45) is 0.00698. The minimum absolute atomic E-state index is 0.103. The van der Waals surface area contributed by atoms with E-state index >= 15 is 0 Å². The van der Waals surface area contributed by atoms with Gasteiger partial charge in [0.2, 0.25) is 6.10 Å². The van der Waals surface area contributed by atoms with Crippen LogP contribution in [0.2, 0.25) is 0 Å². The molecule has 0 aromatic rings. The first-order chi connectivity index (χ1) is 9.29. The number of carboxylic acid groups (broad SMARTS) is 1. The van der Waals surface area contributed by atoms with Crippen LogP contribution in [0.3, 0.4) is 0 Å². The second kappa shape index (κ2) is 6.07. The van der Waals surface area contributed by atoms with Crippen LogP contribution in [-0.4, -0.2) is 34.7 Å². The zero-order valence-corrected chi connectivity index (χ0v) is 12.0. The molecule has 0 aromatic heterocycles. The molecule has 1 N–H and O–H groups in total. The quantitative estimate of drug-likeness (QED) is 0.589. The average molecular weight is 284 g/mol. The Morgan fingerprint density at radius 2 is 2.05 bits per heavy atom. The lowest BCUT2D eigenvalue weighted by Crippen LogP contribution is -2.44. The van der Waals surface area contributed by atoms with Crippen LogP contribution in [0, 0.1) is 5.92 Å². The Balaban J connectivity index is 3.11. The normalized spacial score (nSPS) is 28.9. The van der Waals surface area contributed by atoms with Gasteiger partial charge in [-0.1, -0.05) is 26.8 Å². The molecule has 3 atom stereocenters. The van der Waals surface area contributed by atoms with Crippen LogP contribution in [0.15, 0.2) is 12.2 Å². The predicted molar refractivity (Wildman–Crippen MR) is 69.8 cm³/mol. The Labute approximate surface area is 117 Å². The second-order valence-electron chi connectivity index (χ2n) is 5.01. The van der Waals surface area contributed by atoms with Crippen molar-refractivity contribution in [3.63, 3.8) is 0 Å². The molecule has 3 unspecified atom stereocenters. The first-order valence-corrected chi connectivity index (χ1v) is 6.61. The number of hydrogen-bond donors (Lipinski definition) is 1. The molecule has 112 valence electrons. The first-order valence-electron chi connectivity index (χ1n) is 6.61. The largest absolute Gasteiger partial charge is 0.481 e. The number of hydrogen-bond acceptors (Lipinski definition) is 5. The van der Waals surface area contributed by atoms with Gasteiger partial charge < -0.3 is 14.6 Å². The first kappa shape index (κ1) is 16.2.